The van der Waals surface area contributed by atoms with Gasteiger partial charge in [0.05, 0.1) is 16.0 Å². The van der Waals surface area contributed by atoms with Crippen LogP contribution in [0.15, 0.2) is 18.2 Å². The highest BCUT2D eigenvalue weighted by Crippen LogP contribution is 2.42. The van der Waals surface area contributed by atoms with E-state index in [9.17, 15) is 14.7 Å². The molecule has 0 bridgehead atoms. The lowest BCUT2D eigenvalue weighted by Crippen LogP contribution is -2.35. The van der Waals surface area contributed by atoms with Crippen molar-refractivity contribution in [1.29, 1.82) is 0 Å². The molecule has 0 aromatic heterocycles. The van der Waals surface area contributed by atoms with Crippen molar-refractivity contribution in [2.75, 3.05) is 13.4 Å². The summed E-state index contributed by atoms with van der Waals surface area (Å²) in [5.74, 6) is -1.58. The van der Waals surface area contributed by atoms with Crippen molar-refractivity contribution < 1.29 is 33.6 Å². The third-order valence-corrected chi connectivity index (χ3v) is 5.55. The van der Waals surface area contributed by atoms with Crippen LogP contribution in [0, 0.1) is 11.8 Å². The molecule has 0 spiro atoms. The number of Topliss-reactive ketones (excluding diaryl/α,β-unsaturated/α-hetero) is 1. The van der Waals surface area contributed by atoms with E-state index in [1.807, 2.05) is 0 Å². The highest BCUT2D eigenvalue weighted by atomic mass is 35.5. The number of ketones is 1. The number of hydrogen-bond donors (Lipinski definition) is 1. The first kappa shape index (κ1) is 18.2. The predicted molar refractivity (Wildman–Crippen MR) is 88.8 cm³/mol. The Morgan fingerprint density at radius 2 is 2.00 bits per heavy atom. The Balaban J connectivity index is 1.29. The van der Waals surface area contributed by atoms with E-state index in [0.29, 0.717) is 22.0 Å². The lowest BCUT2D eigenvalue weighted by Gasteiger charge is -2.16. The molecule has 26 heavy (non-hydrogen) atoms. The minimum atomic E-state index is -0.928. The topological polar surface area (TPSA) is 91.3 Å². The van der Waals surface area contributed by atoms with Crippen LogP contribution in [0.3, 0.4) is 0 Å². The smallest absolute Gasteiger partial charge is 0.309 e. The standard InChI is InChI=1S/C17H16Cl2O7/c18-10-2-1-7(3-11(10)19)13(20)8-4-9(8)16(22)23-5-12-14(21)15-17(26-12)25-6-24-15/h1-3,8-9,12,14-15,17,21H,4-6H2/t8-,9-,12+,14-,15+,17?/m0/s1. The van der Waals surface area contributed by atoms with Gasteiger partial charge in [-0.15, -0.1) is 0 Å². The predicted octanol–water partition coefficient (Wildman–Crippen LogP) is 1.81. The van der Waals surface area contributed by atoms with Crippen LogP contribution in [0.1, 0.15) is 16.8 Å². The fraction of sp³-hybridized carbons (Fsp3) is 0.529. The summed E-state index contributed by atoms with van der Waals surface area (Å²) in [6.07, 6.45) is -2.42. The van der Waals surface area contributed by atoms with Gasteiger partial charge in [-0.05, 0) is 24.6 Å². The van der Waals surface area contributed by atoms with Gasteiger partial charge in [0.2, 0.25) is 0 Å². The van der Waals surface area contributed by atoms with Crippen molar-refractivity contribution in [3.05, 3.63) is 33.8 Å². The molecule has 1 aliphatic carbocycles. The Bertz CT molecular complexity index is 740. The summed E-state index contributed by atoms with van der Waals surface area (Å²) in [4.78, 5) is 24.6. The number of aliphatic hydroxyl groups excluding tert-OH is 1. The van der Waals surface area contributed by atoms with E-state index in [1.54, 1.807) is 12.1 Å². The van der Waals surface area contributed by atoms with E-state index in [2.05, 4.69) is 0 Å². The van der Waals surface area contributed by atoms with Crippen molar-refractivity contribution in [2.24, 2.45) is 11.8 Å². The van der Waals surface area contributed by atoms with E-state index in [-0.39, 0.29) is 19.2 Å². The summed E-state index contributed by atoms with van der Waals surface area (Å²) < 4.78 is 21.0. The number of carbonyl (C=O) groups is 2. The second-order valence-electron chi connectivity index (χ2n) is 6.52. The first-order chi connectivity index (χ1) is 12.5. The minimum Gasteiger partial charge on any atom is -0.463 e. The molecule has 1 saturated carbocycles. The number of benzene rings is 1. The second kappa shape index (κ2) is 7.07. The molecule has 140 valence electrons. The van der Waals surface area contributed by atoms with Crippen LogP contribution in [-0.4, -0.2) is 54.9 Å². The maximum atomic E-state index is 12.4. The Kier molecular flexibility index (Phi) is 4.94. The summed E-state index contributed by atoms with van der Waals surface area (Å²) in [7, 11) is 0. The number of ether oxygens (including phenoxy) is 4. The molecule has 1 aromatic rings. The highest BCUT2D eigenvalue weighted by molar-refractivity contribution is 6.42. The van der Waals surface area contributed by atoms with Gasteiger partial charge in [0.25, 0.3) is 0 Å². The molecular formula is C17H16Cl2O7. The van der Waals surface area contributed by atoms with Crippen molar-refractivity contribution in [3.8, 4) is 0 Å². The molecule has 4 rings (SSSR count). The van der Waals surface area contributed by atoms with Gasteiger partial charge >= 0.3 is 5.97 Å². The first-order valence-electron chi connectivity index (χ1n) is 8.18. The molecule has 0 amide bonds. The number of halogens is 2. The Hall–Kier alpha value is -1.22. The number of carbonyl (C=O) groups excluding carboxylic acids is 2. The van der Waals surface area contributed by atoms with Gasteiger partial charge < -0.3 is 24.1 Å². The normalized spacial score (nSPS) is 35.2. The summed E-state index contributed by atoms with van der Waals surface area (Å²) in [5.41, 5.74) is 0.413. The molecule has 0 radical (unpaired) electrons. The fourth-order valence-corrected chi connectivity index (χ4v) is 3.51. The molecule has 1 N–H and O–H groups in total. The maximum Gasteiger partial charge on any atom is 0.309 e. The average molecular weight is 403 g/mol. The quantitative estimate of drug-likeness (QED) is 0.592. The van der Waals surface area contributed by atoms with E-state index >= 15 is 0 Å². The molecule has 3 aliphatic rings. The van der Waals surface area contributed by atoms with Crippen molar-refractivity contribution >= 4 is 35.0 Å². The van der Waals surface area contributed by atoms with Crippen LogP contribution in [0.2, 0.25) is 10.0 Å². The van der Waals surface area contributed by atoms with Gasteiger partial charge in [0.15, 0.2) is 18.9 Å². The molecule has 2 heterocycles. The third kappa shape index (κ3) is 3.35. The summed E-state index contributed by atoms with van der Waals surface area (Å²) in [5, 5.41) is 10.7. The Morgan fingerprint density at radius 3 is 2.73 bits per heavy atom. The van der Waals surface area contributed by atoms with Crippen LogP contribution < -0.4 is 0 Å². The summed E-state index contributed by atoms with van der Waals surface area (Å²) in [6.45, 7) is -0.0522. The van der Waals surface area contributed by atoms with Crippen LogP contribution in [0.4, 0.5) is 0 Å². The molecule has 1 aromatic carbocycles. The fourth-order valence-electron chi connectivity index (χ4n) is 3.22. The SMILES string of the molecule is O=C(OC[C@H]1OC2OCO[C@@H]2[C@H]1O)[C@H]1C[C@@H]1C(=O)c1ccc(Cl)c(Cl)c1. The van der Waals surface area contributed by atoms with Gasteiger partial charge in [0.1, 0.15) is 24.9 Å². The monoisotopic (exact) mass is 402 g/mol. The van der Waals surface area contributed by atoms with Crippen molar-refractivity contribution in [3.63, 3.8) is 0 Å². The lowest BCUT2D eigenvalue weighted by molar-refractivity contribution is -0.163. The molecule has 7 nitrogen and oxygen atoms in total. The lowest BCUT2D eigenvalue weighted by atomic mass is 10.1. The van der Waals surface area contributed by atoms with Crippen LogP contribution >= 0.6 is 23.2 Å². The van der Waals surface area contributed by atoms with Crippen LogP contribution in [0.25, 0.3) is 0 Å². The highest BCUT2D eigenvalue weighted by Gasteiger charge is 2.51. The van der Waals surface area contributed by atoms with Gasteiger partial charge in [-0.2, -0.15) is 0 Å². The van der Waals surface area contributed by atoms with Gasteiger partial charge in [-0.25, -0.2) is 0 Å². The Labute approximate surface area is 159 Å². The molecule has 1 unspecified atom stereocenters. The summed E-state index contributed by atoms with van der Waals surface area (Å²) in [6, 6.07) is 4.62. The van der Waals surface area contributed by atoms with Crippen LogP contribution in [-0.2, 0) is 23.7 Å². The zero-order valence-corrected chi connectivity index (χ0v) is 15.0. The second-order valence-corrected chi connectivity index (χ2v) is 7.34. The summed E-state index contributed by atoms with van der Waals surface area (Å²) >= 11 is 11.8. The molecular weight excluding hydrogens is 387 g/mol. The number of aliphatic hydroxyl groups is 1. The van der Waals surface area contributed by atoms with Gasteiger partial charge in [-0.1, -0.05) is 23.2 Å². The minimum absolute atomic E-state index is 0.0689. The van der Waals surface area contributed by atoms with Crippen molar-refractivity contribution in [2.45, 2.75) is 31.0 Å². The zero-order valence-electron chi connectivity index (χ0n) is 13.5. The van der Waals surface area contributed by atoms with Gasteiger partial charge in [0, 0.05) is 11.5 Å². The molecule has 3 fully saturated rings. The Morgan fingerprint density at radius 1 is 1.19 bits per heavy atom. The largest absolute Gasteiger partial charge is 0.463 e. The third-order valence-electron chi connectivity index (χ3n) is 4.81. The number of hydrogen-bond acceptors (Lipinski definition) is 7. The molecule has 2 saturated heterocycles. The van der Waals surface area contributed by atoms with E-state index in [0.717, 1.165) is 0 Å². The maximum absolute atomic E-state index is 12.4. The first-order valence-corrected chi connectivity index (χ1v) is 8.94. The van der Waals surface area contributed by atoms with Crippen molar-refractivity contribution in [1.82, 2.24) is 0 Å². The molecule has 2 aliphatic heterocycles. The molecule has 9 heteroatoms. The average Bonchev–Trinajstić information content (AvgIpc) is 3.20. The van der Waals surface area contributed by atoms with E-state index in [4.69, 9.17) is 42.1 Å². The molecule has 6 atom stereocenters. The number of esters is 1. The van der Waals surface area contributed by atoms with Gasteiger partial charge in [-0.3, -0.25) is 9.59 Å². The number of fused-ring (bicyclic) bond motifs is 1. The van der Waals surface area contributed by atoms with Crippen LogP contribution in [0.5, 0.6) is 0 Å². The van der Waals surface area contributed by atoms with E-state index < -0.39 is 42.4 Å². The van der Waals surface area contributed by atoms with E-state index in [1.165, 1.54) is 6.07 Å². The number of rotatable bonds is 5. The zero-order chi connectivity index (χ0) is 18.4.